The lowest BCUT2D eigenvalue weighted by molar-refractivity contribution is -0.810. The van der Waals surface area contributed by atoms with Crippen molar-refractivity contribution in [2.24, 2.45) is 0 Å². The molecule has 103 heavy (non-hydrogen) atoms. The summed E-state index contributed by atoms with van der Waals surface area (Å²) in [5.74, 6) is -131. The van der Waals surface area contributed by atoms with E-state index in [4.69, 9.17) is 0 Å². The second-order valence-corrected chi connectivity index (χ2v) is 20.7. The Hall–Kier alpha value is -9.75. The number of quaternary nitrogens is 1. The van der Waals surface area contributed by atoms with Crippen LogP contribution in [0, 0.1) is 221 Å². The molecule has 10 rings (SSSR count). The fourth-order valence-corrected chi connectivity index (χ4v) is 10.8. The minimum atomic E-state index is -8.05. The summed E-state index contributed by atoms with van der Waals surface area (Å²) in [6.45, 7) is 1.52. The normalized spacial score (nSPS) is 12.2. The predicted molar refractivity (Wildman–Crippen MR) is 263 cm³/mol. The van der Waals surface area contributed by atoms with E-state index in [0.717, 1.165) is 0 Å². The minimum absolute atomic E-state index is 0.0243. The number of hydrogen-bond donors (Lipinski definition) is 1. The van der Waals surface area contributed by atoms with E-state index >= 15 is 105 Å². The van der Waals surface area contributed by atoms with Gasteiger partial charge in [-0.25, -0.2) is 167 Å². The highest BCUT2D eigenvalue weighted by Crippen LogP contribution is 2.44. The summed E-state index contributed by atoms with van der Waals surface area (Å²) in [6.07, 6.45) is -12.5. The zero-order valence-electron chi connectivity index (χ0n) is 47.5. The summed E-state index contributed by atoms with van der Waals surface area (Å²) in [4.78, 5) is 0. The van der Waals surface area contributed by atoms with Crippen LogP contribution in [0.4, 0.5) is 189 Å². The van der Waals surface area contributed by atoms with E-state index in [1.165, 1.54) is 0 Å². The molecule has 0 amide bonds. The maximum absolute atomic E-state index is 17.3. The van der Waals surface area contributed by atoms with E-state index in [1.807, 2.05) is 0 Å². The largest absolute Gasteiger partial charge is 0.514 e. The molecule has 552 valence electrons. The van der Waals surface area contributed by atoms with E-state index < -0.39 is 315 Å². The quantitative estimate of drug-likeness (QED) is 0.0370. The first-order chi connectivity index (χ1) is 47.4. The summed E-state index contributed by atoms with van der Waals surface area (Å²) in [6, 6.07) is -4.64. The van der Waals surface area contributed by atoms with Crippen LogP contribution in [-0.4, -0.2) is 24.9 Å². The van der Waals surface area contributed by atoms with Crippen molar-refractivity contribution in [3.8, 4) is 11.1 Å². The Morgan fingerprint density at radius 3 is 0.515 bits per heavy atom. The molecule has 0 atom stereocenters. The van der Waals surface area contributed by atoms with Gasteiger partial charge in [-0.15, -0.1) is 30.6 Å². The third kappa shape index (κ3) is 11.4. The average Bonchev–Trinajstić information content (AvgIpc) is 0.661. The second-order valence-electron chi connectivity index (χ2n) is 20.7. The molecule has 0 radical (unpaired) electrons. The summed E-state index contributed by atoms with van der Waals surface area (Å²) in [5, 5.41) is -27.0. The Morgan fingerprint density at radius 2 is 0.350 bits per heavy atom. The molecule has 0 saturated carbocycles. The number of benzene rings is 10. The van der Waals surface area contributed by atoms with Gasteiger partial charge < -0.3 is 0 Å². The number of fused-ring (bicyclic) bond motifs is 4. The lowest BCUT2D eigenvalue weighted by Gasteiger charge is -2.47. The van der Waals surface area contributed by atoms with Crippen molar-refractivity contribution in [1.82, 2.24) is 0 Å². The van der Waals surface area contributed by atoms with Gasteiger partial charge in [-0.05, 0) is 28.0 Å². The summed E-state index contributed by atoms with van der Waals surface area (Å²) in [7, 11) is 0. The first-order valence-electron chi connectivity index (χ1n) is 26.2. The smallest absolute Gasteiger partial charge is 0.277 e. The molecule has 1 nitrogen and oxygen atoms in total. The molecule has 10 aromatic rings. The van der Waals surface area contributed by atoms with Crippen molar-refractivity contribution in [3.05, 3.63) is 221 Å². The van der Waals surface area contributed by atoms with Gasteiger partial charge in [0.2, 0.25) is 11.6 Å². The van der Waals surface area contributed by atoms with E-state index in [9.17, 15) is 83.4 Å². The minimum Gasteiger partial charge on any atom is -0.277 e. The van der Waals surface area contributed by atoms with E-state index in [2.05, 4.69) is 0 Å². The Kier molecular flexibility index (Phi) is 20.8. The van der Waals surface area contributed by atoms with Crippen LogP contribution in [-0.2, 0) is 0 Å². The molecule has 0 aromatic heterocycles. The van der Waals surface area contributed by atoms with Crippen LogP contribution in [0.2, 0.25) is 0 Å². The Balaban J connectivity index is 0.000000323. The predicted octanol–water partition coefficient (Wildman–Crippen LogP) is 17.8. The van der Waals surface area contributed by atoms with Gasteiger partial charge >= 0.3 is 12.2 Å². The summed E-state index contributed by atoms with van der Waals surface area (Å²) in [5.41, 5.74) is -20.0. The third-order valence-corrected chi connectivity index (χ3v) is 15.2. The van der Waals surface area contributed by atoms with Crippen molar-refractivity contribution >= 4 is 71.1 Å². The lowest BCUT2D eigenvalue weighted by Crippen LogP contribution is -2.97. The van der Waals surface area contributed by atoms with Gasteiger partial charge in [0.15, 0.2) is 186 Å². The molecule has 45 heteroatoms. The van der Waals surface area contributed by atoms with Crippen LogP contribution < -0.4 is 27.2 Å². The zero-order chi connectivity index (χ0) is 78.4. The number of halogens is 43. The van der Waals surface area contributed by atoms with E-state index in [1.54, 1.807) is 6.92 Å². The van der Waals surface area contributed by atoms with Crippen LogP contribution in [0.25, 0.3) is 54.2 Å². The monoisotopic (exact) mass is 1550 g/mol. The first kappa shape index (κ1) is 79.0. The third-order valence-electron chi connectivity index (χ3n) is 15.2. The molecule has 0 unspecified atom stereocenters. The molecule has 2 N–H and O–H groups in total. The Labute approximate surface area is 535 Å². The number of unbranched alkanes of at least 4 members (excludes halogenated alkanes) is 1. The van der Waals surface area contributed by atoms with Crippen molar-refractivity contribution in [3.63, 3.8) is 0 Å². The van der Waals surface area contributed by atoms with Gasteiger partial charge in [-0.3, -0.25) is 5.32 Å². The molecule has 10 aromatic carbocycles. The number of rotatable bonds is 9. The van der Waals surface area contributed by atoms with Crippen LogP contribution >= 0.6 is 0 Å². The van der Waals surface area contributed by atoms with Crippen LogP contribution in [0.5, 0.6) is 0 Å². The van der Waals surface area contributed by atoms with Crippen molar-refractivity contribution < 1.29 is 194 Å². The molecular formula is C58H11BF43N. The molecule has 0 heterocycles. The van der Waals surface area contributed by atoms with E-state index in [-0.39, 0.29) is 11.9 Å². The van der Waals surface area contributed by atoms with Crippen LogP contribution in [0.15, 0.2) is 0 Å². The fraction of sp³-hybridized carbons (Fsp3) is 0.103. The maximum Gasteiger partial charge on any atom is 0.514 e. The number of alkyl halides is 5. The molecule has 0 fully saturated rings. The van der Waals surface area contributed by atoms with Gasteiger partial charge in [0.25, 0.3) is 0 Å². The first-order valence-corrected chi connectivity index (χ1v) is 26.2. The van der Waals surface area contributed by atoms with E-state index in [0.29, 0.717) is 12.8 Å². The molecule has 0 aliphatic carbocycles. The van der Waals surface area contributed by atoms with Crippen molar-refractivity contribution in [2.75, 3.05) is 6.54 Å². The van der Waals surface area contributed by atoms with Gasteiger partial charge in [-0.1, -0.05) is 13.3 Å². The Bertz CT molecular complexity index is 4710. The fourth-order valence-electron chi connectivity index (χ4n) is 10.8. The van der Waals surface area contributed by atoms with Crippen LogP contribution in [0.3, 0.4) is 0 Å². The molecular weight excluding hydrogens is 1540 g/mol. The second kappa shape index (κ2) is 27.1. The van der Waals surface area contributed by atoms with Crippen molar-refractivity contribution in [1.29, 1.82) is 0 Å². The van der Waals surface area contributed by atoms with Gasteiger partial charge in [0.05, 0.1) is 39.2 Å². The lowest BCUT2D eigenvalue weighted by atomic mass is 9.11. The highest BCUT2D eigenvalue weighted by Gasteiger charge is 2.62. The van der Waals surface area contributed by atoms with Crippen molar-refractivity contribution in [2.45, 2.75) is 32.0 Å². The van der Waals surface area contributed by atoms with Gasteiger partial charge in [0.1, 0.15) is 29.4 Å². The molecule has 0 saturated heterocycles. The number of hydrogen-bond acceptors (Lipinski definition) is 0. The standard InChI is InChI=1S/C40BF28.C12F10.C6H10F5N/c42-13-1-5(21(50)37(66)33(13)62)17(46)29(58)25(54)9(1)41(10-2-6(18(47)30(59)26(10)55)22(51)38(67)34(63)14(2)43,11-3-7(19(48)31(60)27(11)56)23(52)39(68)35(64)15(3)44)12-4-8(20(49)32(61)28(12)57)24(53)40(69)36(65)16(4)45;13-3-1(4(14)8(18)11(21)7(3)17)2-5(15)9(19)12(22)10(20)6(2)16;1-2-3-4-12-6(10,11)5(7,8)9/h;;12H,2-4H2,1H3/q-1;;/p+1. The molecule has 0 spiro atoms. The number of nitrogens with two attached hydrogens (primary N) is 1. The van der Waals surface area contributed by atoms with Gasteiger partial charge in [0, 0.05) is 0 Å². The summed E-state index contributed by atoms with van der Waals surface area (Å²) < 4.78 is 636. The molecule has 0 aliphatic rings. The molecule has 0 bridgehead atoms. The Morgan fingerprint density at radius 1 is 0.204 bits per heavy atom. The highest BCUT2D eigenvalue weighted by atomic mass is 19.4. The average molecular weight is 1550 g/mol. The van der Waals surface area contributed by atoms with Gasteiger partial charge in [-0.2, -0.15) is 13.2 Å². The SMILES string of the molecule is CCCC[NH2+]C(F)(F)C(F)(F)F.Fc1c(F)c(F)c(-c2c(F)c(F)c(F)c(F)c2F)c(F)c1F.Fc1c(F)c(F)c2c([B-](c3c(F)c(F)c(F)c4c(F)c(F)c(F)c(F)c34)(c3c(F)c(F)c(F)c4c(F)c(F)c(F)c(F)c34)c3c(F)c(F)c(F)c4c(F)c(F)c(F)c(F)c34)c(F)c(F)c(F)c2c1F. The summed E-state index contributed by atoms with van der Waals surface area (Å²) >= 11 is 0. The molecule has 0 aliphatic heterocycles. The highest BCUT2D eigenvalue weighted by molar-refractivity contribution is 7.23. The topological polar surface area (TPSA) is 16.6 Å². The maximum atomic E-state index is 17.3. The zero-order valence-corrected chi connectivity index (χ0v) is 47.5. The van der Waals surface area contributed by atoms with Crippen LogP contribution in [0.1, 0.15) is 19.8 Å².